The zero-order valence-corrected chi connectivity index (χ0v) is 18.0. The van der Waals surface area contributed by atoms with Crippen LogP contribution in [0.25, 0.3) is 0 Å². The van der Waals surface area contributed by atoms with E-state index in [1.165, 1.54) is 24.8 Å². The van der Waals surface area contributed by atoms with Crippen LogP contribution in [0.4, 0.5) is 0 Å². The molecule has 0 aliphatic heterocycles. The lowest BCUT2D eigenvalue weighted by molar-refractivity contribution is -0.122. The van der Waals surface area contributed by atoms with Gasteiger partial charge in [-0.05, 0) is 39.0 Å². The van der Waals surface area contributed by atoms with Gasteiger partial charge in [-0.3, -0.25) is 4.79 Å². The van der Waals surface area contributed by atoms with Gasteiger partial charge in [-0.25, -0.2) is 0 Å². The largest absolute Gasteiger partial charge is 0.309 e. The third kappa shape index (κ3) is 7.06. The fourth-order valence-corrected chi connectivity index (χ4v) is 3.54. The molecular weight excluding hydrogens is 418 g/mol. The highest BCUT2D eigenvalue weighted by Crippen LogP contribution is 2.36. The van der Waals surface area contributed by atoms with Crippen molar-refractivity contribution in [2.75, 3.05) is 26.0 Å². The first-order chi connectivity index (χ1) is 10.6. The Labute approximate surface area is 160 Å². The average Bonchev–Trinajstić information content (AvgIpc) is 2.54. The number of ketones is 1. The summed E-state index contributed by atoms with van der Waals surface area (Å²) in [6, 6.07) is 10.4. The van der Waals surface area contributed by atoms with Gasteiger partial charge in [0, 0.05) is 0 Å². The molecule has 1 atom stereocenters. The Bertz CT molecular complexity index is 436. The highest BCUT2D eigenvalue weighted by molar-refractivity contribution is 9.09. The standard InChI is InChI=1S/C19H30BrNO.BrH/c1-4-5-6-10-13-19(18(22)16-20,14-15-21(2)3)17-11-8-7-9-12-17;/h7-9,11-12H,4-6,10,13-16H2,1-3H3;1H. The van der Waals surface area contributed by atoms with Crippen molar-refractivity contribution in [1.82, 2.24) is 4.90 Å². The number of carbonyl (C=O) groups excluding carboxylic acids is 1. The quantitative estimate of drug-likeness (QED) is 0.334. The smallest absolute Gasteiger partial charge is 0.153 e. The van der Waals surface area contributed by atoms with Crippen LogP contribution in [0.15, 0.2) is 30.3 Å². The molecule has 0 spiro atoms. The van der Waals surface area contributed by atoms with Crippen LogP contribution in [0.2, 0.25) is 0 Å². The molecule has 1 unspecified atom stereocenters. The third-order valence-corrected chi connectivity index (χ3v) is 4.93. The summed E-state index contributed by atoms with van der Waals surface area (Å²) < 4.78 is 0. The lowest BCUT2D eigenvalue weighted by Crippen LogP contribution is -2.39. The van der Waals surface area contributed by atoms with Gasteiger partial charge in [0.1, 0.15) is 0 Å². The summed E-state index contributed by atoms with van der Waals surface area (Å²) in [6.07, 6.45) is 6.65. The van der Waals surface area contributed by atoms with E-state index in [2.05, 4.69) is 54.0 Å². The second-order valence-corrected chi connectivity index (χ2v) is 6.93. The van der Waals surface area contributed by atoms with Crippen LogP contribution >= 0.6 is 32.9 Å². The van der Waals surface area contributed by atoms with Crippen molar-refractivity contribution in [3.8, 4) is 0 Å². The predicted octanol–water partition coefficient (Wildman–Crippen LogP) is 5.39. The number of hydrogen-bond donors (Lipinski definition) is 0. The molecule has 0 saturated heterocycles. The zero-order valence-electron chi connectivity index (χ0n) is 14.7. The Balaban J connectivity index is 0.00000484. The number of rotatable bonds is 11. The zero-order chi connectivity index (χ0) is 16.4. The lowest BCUT2D eigenvalue weighted by atomic mass is 9.70. The van der Waals surface area contributed by atoms with E-state index in [1.54, 1.807) is 0 Å². The number of carbonyl (C=O) groups is 1. The predicted molar refractivity (Wildman–Crippen MR) is 109 cm³/mol. The minimum atomic E-state index is -0.344. The summed E-state index contributed by atoms with van der Waals surface area (Å²) in [6.45, 7) is 3.15. The van der Waals surface area contributed by atoms with Crippen LogP contribution in [0, 0.1) is 0 Å². The molecule has 1 aromatic carbocycles. The second-order valence-electron chi connectivity index (χ2n) is 6.37. The molecule has 0 fully saturated rings. The van der Waals surface area contributed by atoms with Crippen LogP contribution in [-0.2, 0) is 10.2 Å². The van der Waals surface area contributed by atoms with Gasteiger partial charge in [-0.2, -0.15) is 0 Å². The number of alkyl halides is 1. The maximum Gasteiger partial charge on any atom is 0.153 e. The summed E-state index contributed by atoms with van der Waals surface area (Å²) in [5.41, 5.74) is 0.834. The number of unbranched alkanes of at least 4 members (excludes halogenated alkanes) is 3. The van der Waals surface area contributed by atoms with Crippen molar-refractivity contribution in [1.29, 1.82) is 0 Å². The van der Waals surface area contributed by atoms with Crippen molar-refractivity contribution in [3.63, 3.8) is 0 Å². The second kappa shape index (κ2) is 12.2. The number of halogens is 2. The molecule has 2 nitrogen and oxygen atoms in total. The molecule has 0 saturated carbocycles. The summed E-state index contributed by atoms with van der Waals surface area (Å²) in [5.74, 6) is 0.317. The van der Waals surface area contributed by atoms with Gasteiger partial charge >= 0.3 is 0 Å². The molecule has 4 heteroatoms. The number of hydrogen-bond acceptors (Lipinski definition) is 2. The summed E-state index contributed by atoms with van der Waals surface area (Å²) in [5, 5.41) is 0.434. The van der Waals surface area contributed by atoms with E-state index < -0.39 is 0 Å². The minimum Gasteiger partial charge on any atom is -0.309 e. The molecule has 1 aromatic rings. The van der Waals surface area contributed by atoms with E-state index in [9.17, 15) is 4.79 Å². The maximum absolute atomic E-state index is 12.8. The number of Topliss-reactive ketones (excluding diaryl/α,β-unsaturated/α-hetero) is 1. The molecule has 0 aliphatic carbocycles. The first-order valence-electron chi connectivity index (χ1n) is 8.36. The van der Waals surface area contributed by atoms with E-state index in [0.29, 0.717) is 11.1 Å². The van der Waals surface area contributed by atoms with E-state index in [0.717, 1.165) is 25.8 Å². The van der Waals surface area contributed by atoms with Gasteiger partial charge in [0.15, 0.2) is 5.78 Å². The molecule has 0 heterocycles. The molecular formula is C19H31Br2NO. The number of nitrogens with zero attached hydrogens (tertiary/aromatic N) is 1. The Morgan fingerprint density at radius 1 is 1.09 bits per heavy atom. The first-order valence-corrected chi connectivity index (χ1v) is 9.48. The monoisotopic (exact) mass is 447 g/mol. The van der Waals surface area contributed by atoms with Crippen LogP contribution in [0.3, 0.4) is 0 Å². The topological polar surface area (TPSA) is 20.3 Å². The van der Waals surface area contributed by atoms with Gasteiger partial charge < -0.3 is 4.90 Å². The van der Waals surface area contributed by atoms with E-state index >= 15 is 0 Å². The highest BCUT2D eigenvalue weighted by atomic mass is 79.9. The molecule has 0 bridgehead atoms. The summed E-state index contributed by atoms with van der Waals surface area (Å²) in [7, 11) is 4.15. The summed E-state index contributed by atoms with van der Waals surface area (Å²) >= 11 is 3.41. The fourth-order valence-electron chi connectivity index (χ4n) is 3.01. The lowest BCUT2D eigenvalue weighted by Gasteiger charge is -2.34. The van der Waals surface area contributed by atoms with Crippen molar-refractivity contribution >= 4 is 38.7 Å². The molecule has 0 radical (unpaired) electrons. The Kier molecular flexibility index (Phi) is 12.1. The minimum absolute atomic E-state index is 0. The molecule has 0 aromatic heterocycles. The molecule has 0 aliphatic rings. The molecule has 132 valence electrons. The van der Waals surface area contributed by atoms with Crippen LogP contribution in [-0.4, -0.2) is 36.7 Å². The van der Waals surface area contributed by atoms with E-state index in [-0.39, 0.29) is 22.4 Å². The van der Waals surface area contributed by atoms with Crippen molar-refractivity contribution in [2.24, 2.45) is 0 Å². The van der Waals surface area contributed by atoms with Crippen LogP contribution < -0.4 is 0 Å². The summed E-state index contributed by atoms with van der Waals surface area (Å²) in [4.78, 5) is 15.0. The number of benzene rings is 1. The van der Waals surface area contributed by atoms with Gasteiger partial charge in [-0.15, -0.1) is 17.0 Å². The van der Waals surface area contributed by atoms with Gasteiger partial charge in [0.2, 0.25) is 0 Å². The van der Waals surface area contributed by atoms with Crippen LogP contribution in [0.5, 0.6) is 0 Å². The molecule has 1 rings (SSSR count). The Morgan fingerprint density at radius 2 is 1.74 bits per heavy atom. The van der Waals surface area contributed by atoms with Gasteiger partial charge in [-0.1, -0.05) is 78.9 Å². The molecule has 0 amide bonds. The highest BCUT2D eigenvalue weighted by Gasteiger charge is 2.38. The Morgan fingerprint density at radius 3 is 2.26 bits per heavy atom. The van der Waals surface area contributed by atoms with Crippen molar-refractivity contribution in [2.45, 2.75) is 50.9 Å². The van der Waals surface area contributed by atoms with Gasteiger partial charge in [0.25, 0.3) is 0 Å². The molecule has 0 N–H and O–H groups in total. The Hall–Kier alpha value is -0.190. The van der Waals surface area contributed by atoms with Gasteiger partial charge in [0.05, 0.1) is 10.7 Å². The fraction of sp³-hybridized carbons (Fsp3) is 0.632. The SMILES string of the molecule is Br.CCCCCCC(CCN(C)C)(C(=O)CBr)c1ccccc1. The third-order valence-electron chi connectivity index (χ3n) is 4.42. The molecule has 23 heavy (non-hydrogen) atoms. The first kappa shape index (κ1) is 22.8. The normalized spacial score (nSPS) is 13.4. The van der Waals surface area contributed by atoms with E-state index in [1.807, 2.05) is 18.2 Å². The van der Waals surface area contributed by atoms with Crippen molar-refractivity contribution in [3.05, 3.63) is 35.9 Å². The van der Waals surface area contributed by atoms with Crippen molar-refractivity contribution < 1.29 is 4.79 Å². The average molecular weight is 449 g/mol. The maximum atomic E-state index is 12.8. The van der Waals surface area contributed by atoms with E-state index in [4.69, 9.17) is 0 Å². The van der Waals surface area contributed by atoms with Crippen LogP contribution in [0.1, 0.15) is 51.0 Å².